The minimum absolute atomic E-state index is 0.00705. The Morgan fingerprint density at radius 1 is 1.35 bits per heavy atom. The summed E-state index contributed by atoms with van der Waals surface area (Å²) in [7, 11) is 0. The molecule has 2 rings (SSSR count). The molecular weight excluding hydrogens is 318 g/mol. The van der Waals surface area contributed by atoms with E-state index in [0.29, 0.717) is 0 Å². The molecule has 2 atom stereocenters. The molecule has 0 aliphatic heterocycles. The third-order valence-electron chi connectivity index (χ3n) is 3.20. The SMILES string of the molecule is C[C@H](Cc1ccc(Br)cc1)NC(=O)[C@H](C)n1ccnc1. The normalized spacial score (nSPS) is 13.8. The summed E-state index contributed by atoms with van der Waals surface area (Å²) < 4.78 is 2.86. The fourth-order valence-corrected chi connectivity index (χ4v) is 2.29. The van der Waals surface area contributed by atoms with Gasteiger partial charge in [0, 0.05) is 22.9 Å². The van der Waals surface area contributed by atoms with Gasteiger partial charge in [-0.1, -0.05) is 28.1 Å². The van der Waals surface area contributed by atoms with Gasteiger partial charge in [0.25, 0.3) is 0 Å². The van der Waals surface area contributed by atoms with Gasteiger partial charge in [0.2, 0.25) is 5.91 Å². The first-order valence-electron chi connectivity index (χ1n) is 6.58. The molecule has 0 bridgehead atoms. The van der Waals surface area contributed by atoms with Crippen LogP contribution in [0, 0.1) is 0 Å². The van der Waals surface area contributed by atoms with Crippen LogP contribution in [-0.4, -0.2) is 21.5 Å². The van der Waals surface area contributed by atoms with Crippen molar-refractivity contribution in [1.82, 2.24) is 14.9 Å². The lowest BCUT2D eigenvalue weighted by molar-refractivity contribution is -0.124. The molecule has 0 radical (unpaired) electrons. The molecule has 5 heteroatoms. The Morgan fingerprint density at radius 2 is 2.05 bits per heavy atom. The molecule has 4 nitrogen and oxygen atoms in total. The van der Waals surface area contributed by atoms with Crippen molar-refractivity contribution in [2.75, 3.05) is 0 Å². The topological polar surface area (TPSA) is 46.9 Å². The van der Waals surface area contributed by atoms with Crippen LogP contribution in [0.25, 0.3) is 0 Å². The van der Waals surface area contributed by atoms with Gasteiger partial charge in [0.05, 0.1) is 6.33 Å². The Morgan fingerprint density at radius 3 is 2.65 bits per heavy atom. The Kier molecular flexibility index (Phi) is 4.95. The number of hydrogen-bond acceptors (Lipinski definition) is 2. The van der Waals surface area contributed by atoms with E-state index in [1.54, 1.807) is 23.3 Å². The zero-order chi connectivity index (χ0) is 14.5. The summed E-state index contributed by atoms with van der Waals surface area (Å²) >= 11 is 3.41. The monoisotopic (exact) mass is 335 g/mol. The average molecular weight is 336 g/mol. The van der Waals surface area contributed by atoms with Crippen LogP contribution in [0.3, 0.4) is 0 Å². The fraction of sp³-hybridized carbons (Fsp3) is 0.333. The van der Waals surface area contributed by atoms with Crippen molar-refractivity contribution in [2.24, 2.45) is 0 Å². The van der Waals surface area contributed by atoms with E-state index in [-0.39, 0.29) is 18.0 Å². The van der Waals surface area contributed by atoms with Gasteiger partial charge in [-0.3, -0.25) is 4.79 Å². The second kappa shape index (κ2) is 6.70. The molecule has 0 fully saturated rings. The van der Waals surface area contributed by atoms with Gasteiger partial charge in [-0.2, -0.15) is 0 Å². The van der Waals surface area contributed by atoms with Crippen LogP contribution in [0.5, 0.6) is 0 Å². The molecule has 0 spiro atoms. The number of carbonyl (C=O) groups excluding carboxylic acids is 1. The lowest BCUT2D eigenvalue weighted by Gasteiger charge is -2.18. The van der Waals surface area contributed by atoms with E-state index >= 15 is 0 Å². The number of amides is 1. The Labute approximate surface area is 127 Å². The highest BCUT2D eigenvalue weighted by atomic mass is 79.9. The number of halogens is 1. The molecule has 0 saturated carbocycles. The number of carbonyl (C=O) groups is 1. The maximum absolute atomic E-state index is 12.1. The molecule has 0 saturated heterocycles. The van der Waals surface area contributed by atoms with Crippen LogP contribution >= 0.6 is 15.9 Å². The molecule has 0 unspecified atom stereocenters. The summed E-state index contributed by atoms with van der Waals surface area (Å²) in [5.74, 6) is 0.00705. The van der Waals surface area contributed by atoms with Gasteiger partial charge in [0.15, 0.2) is 0 Å². The van der Waals surface area contributed by atoms with Crippen molar-refractivity contribution in [3.05, 3.63) is 53.0 Å². The van der Waals surface area contributed by atoms with Crippen LogP contribution in [-0.2, 0) is 11.2 Å². The molecule has 1 amide bonds. The van der Waals surface area contributed by atoms with Crippen molar-refractivity contribution in [3.63, 3.8) is 0 Å². The summed E-state index contributed by atoms with van der Waals surface area (Å²) in [6, 6.07) is 7.99. The quantitative estimate of drug-likeness (QED) is 0.913. The largest absolute Gasteiger partial charge is 0.352 e. The zero-order valence-corrected chi connectivity index (χ0v) is 13.2. The summed E-state index contributed by atoms with van der Waals surface area (Å²) in [6.45, 7) is 3.88. The van der Waals surface area contributed by atoms with Crippen LogP contribution in [0.2, 0.25) is 0 Å². The molecule has 20 heavy (non-hydrogen) atoms. The van der Waals surface area contributed by atoms with Gasteiger partial charge in [0.1, 0.15) is 6.04 Å². The number of rotatable bonds is 5. The Hall–Kier alpha value is -1.62. The standard InChI is InChI=1S/C15H18BrN3O/c1-11(9-13-3-5-14(16)6-4-13)18-15(20)12(2)19-8-7-17-10-19/h3-8,10-12H,9H2,1-2H3,(H,18,20)/t11-,12+/m1/s1. The second-order valence-electron chi connectivity index (χ2n) is 4.93. The molecule has 1 aromatic heterocycles. The Balaban J connectivity index is 1.89. The molecule has 0 aliphatic rings. The van der Waals surface area contributed by atoms with Gasteiger partial charge >= 0.3 is 0 Å². The summed E-state index contributed by atoms with van der Waals surface area (Å²) in [6.07, 6.45) is 5.94. The predicted octanol–water partition coefficient (Wildman–Crippen LogP) is 2.95. The van der Waals surface area contributed by atoms with E-state index in [0.717, 1.165) is 10.9 Å². The van der Waals surface area contributed by atoms with Crippen molar-refractivity contribution >= 4 is 21.8 Å². The molecule has 1 N–H and O–H groups in total. The highest BCUT2D eigenvalue weighted by molar-refractivity contribution is 9.10. The third kappa shape index (κ3) is 3.93. The van der Waals surface area contributed by atoms with E-state index in [2.05, 4.69) is 38.4 Å². The van der Waals surface area contributed by atoms with E-state index in [9.17, 15) is 4.79 Å². The van der Waals surface area contributed by atoms with Gasteiger partial charge in [-0.15, -0.1) is 0 Å². The maximum Gasteiger partial charge on any atom is 0.243 e. The number of benzene rings is 1. The molecule has 1 aromatic carbocycles. The number of imidazole rings is 1. The van der Waals surface area contributed by atoms with Crippen LogP contribution < -0.4 is 5.32 Å². The third-order valence-corrected chi connectivity index (χ3v) is 3.72. The first-order chi connectivity index (χ1) is 9.56. The summed E-state index contributed by atoms with van der Waals surface area (Å²) in [4.78, 5) is 16.1. The average Bonchev–Trinajstić information content (AvgIpc) is 2.94. The van der Waals surface area contributed by atoms with Crippen molar-refractivity contribution in [1.29, 1.82) is 0 Å². The summed E-state index contributed by atoms with van der Waals surface area (Å²) in [5.41, 5.74) is 1.20. The summed E-state index contributed by atoms with van der Waals surface area (Å²) in [5, 5.41) is 3.03. The zero-order valence-electron chi connectivity index (χ0n) is 11.6. The lowest BCUT2D eigenvalue weighted by Crippen LogP contribution is -2.38. The maximum atomic E-state index is 12.1. The van der Waals surface area contributed by atoms with E-state index in [4.69, 9.17) is 0 Å². The van der Waals surface area contributed by atoms with Crippen molar-refractivity contribution in [3.8, 4) is 0 Å². The highest BCUT2D eigenvalue weighted by Crippen LogP contribution is 2.12. The highest BCUT2D eigenvalue weighted by Gasteiger charge is 2.16. The molecule has 1 heterocycles. The molecule has 106 valence electrons. The lowest BCUT2D eigenvalue weighted by atomic mass is 10.1. The van der Waals surface area contributed by atoms with Crippen molar-refractivity contribution in [2.45, 2.75) is 32.4 Å². The smallest absolute Gasteiger partial charge is 0.243 e. The van der Waals surface area contributed by atoms with E-state index < -0.39 is 0 Å². The van der Waals surface area contributed by atoms with Gasteiger partial charge < -0.3 is 9.88 Å². The van der Waals surface area contributed by atoms with Gasteiger partial charge in [-0.05, 0) is 38.0 Å². The molecular formula is C15H18BrN3O. The molecule has 2 aromatic rings. The van der Waals surface area contributed by atoms with Gasteiger partial charge in [-0.25, -0.2) is 4.98 Å². The number of aromatic nitrogens is 2. The van der Waals surface area contributed by atoms with Crippen LogP contribution in [0.1, 0.15) is 25.5 Å². The minimum Gasteiger partial charge on any atom is -0.352 e. The van der Waals surface area contributed by atoms with Crippen LogP contribution in [0.4, 0.5) is 0 Å². The Bertz CT molecular complexity index is 551. The van der Waals surface area contributed by atoms with E-state index in [1.165, 1.54) is 5.56 Å². The van der Waals surface area contributed by atoms with Crippen LogP contribution in [0.15, 0.2) is 47.5 Å². The first-order valence-corrected chi connectivity index (χ1v) is 7.38. The fourth-order valence-electron chi connectivity index (χ4n) is 2.02. The predicted molar refractivity (Wildman–Crippen MR) is 82.4 cm³/mol. The minimum atomic E-state index is -0.245. The number of hydrogen-bond donors (Lipinski definition) is 1. The second-order valence-corrected chi connectivity index (χ2v) is 5.84. The molecule has 0 aliphatic carbocycles. The van der Waals surface area contributed by atoms with E-state index in [1.807, 2.05) is 26.0 Å². The van der Waals surface area contributed by atoms with Crippen molar-refractivity contribution < 1.29 is 4.79 Å². The number of nitrogens with zero attached hydrogens (tertiary/aromatic N) is 2. The number of nitrogens with one attached hydrogen (secondary N) is 1. The first kappa shape index (κ1) is 14.8.